The van der Waals surface area contributed by atoms with Crippen LogP contribution in [0, 0.1) is 5.82 Å². The van der Waals surface area contributed by atoms with Crippen molar-refractivity contribution in [3.63, 3.8) is 0 Å². The third-order valence-electron chi connectivity index (χ3n) is 5.10. The molecule has 0 amide bonds. The second kappa shape index (κ2) is 9.53. The van der Waals surface area contributed by atoms with E-state index < -0.39 is 5.97 Å². The maximum atomic E-state index is 13.6. The number of fused-ring (bicyclic) bond motifs is 1. The summed E-state index contributed by atoms with van der Waals surface area (Å²) in [5.74, 6) is -1.10. The van der Waals surface area contributed by atoms with Crippen LogP contribution in [0.4, 0.5) is 4.39 Å². The van der Waals surface area contributed by atoms with Crippen LogP contribution in [-0.2, 0) is 4.79 Å². The van der Waals surface area contributed by atoms with Gasteiger partial charge in [0.05, 0.1) is 5.69 Å². The van der Waals surface area contributed by atoms with Crippen molar-refractivity contribution in [2.24, 2.45) is 0 Å². The van der Waals surface area contributed by atoms with E-state index in [1.165, 1.54) is 12.1 Å². The lowest BCUT2D eigenvalue weighted by Gasteiger charge is -2.21. The Balaban J connectivity index is 2.16. The molecule has 0 aliphatic carbocycles. The van der Waals surface area contributed by atoms with Crippen LogP contribution in [-0.4, -0.2) is 15.6 Å². The molecule has 0 radical (unpaired) electrons. The Morgan fingerprint density at radius 1 is 1.07 bits per heavy atom. The van der Waals surface area contributed by atoms with Crippen LogP contribution in [0.15, 0.2) is 59.4 Å². The van der Waals surface area contributed by atoms with Gasteiger partial charge in [-0.05, 0) is 68.3 Å². The maximum absolute atomic E-state index is 13.6. The first kappa shape index (κ1) is 21.5. The second-order valence-electron chi connectivity index (χ2n) is 7.62. The highest BCUT2D eigenvalue weighted by Gasteiger charge is 2.18. The number of carbonyl (C=O) groups is 1. The zero-order valence-corrected chi connectivity index (χ0v) is 17.3. The zero-order valence-electron chi connectivity index (χ0n) is 17.3. The number of halogens is 1. The van der Waals surface area contributed by atoms with E-state index >= 15 is 0 Å². The Morgan fingerprint density at radius 2 is 1.73 bits per heavy atom. The van der Waals surface area contributed by atoms with Crippen LogP contribution >= 0.6 is 0 Å². The normalized spacial score (nSPS) is 11.6. The fraction of sp³-hybridized carbons (Fsp3) is 0.280. The molecule has 0 aliphatic heterocycles. The van der Waals surface area contributed by atoms with E-state index in [0.29, 0.717) is 11.8 Å². The van der Waals surface area contributed by atoms with E-state index in [-0.39, 0.29) is 23.8 Å². The topological polar surface area (TPSA) is 59.3 Å². The molecule has 30 heavy (non-hydrogen) atoms. The average Bonchev–Trinajstić information content (AvgIpc) is 2.71. The number of nitrogens with zero attached hydrogens (tertiary/aromatic N) is 1. The zero-order chi connectivity index (χ0) is 21.7. The van der Waals surface area contributed by atoms with Gasteiger partial charge in [0.1, 0.15) is 5.82 Å². The summed E-state index contributed by atoms with van der Waals surface area (Å²) >= 11 is 0. The molecule has 3 aromatic rings. The molecular formula is C25H26FNO3. The van der Waals surface area contributed by atoms with Gasteiger partial charge < -0.3 is 9.67 Å². The van der Waals surface area contributed by atoms with Crippen LogP contribution in [0.25, 0.3) is 28.0 Å². The summed E-state index contributed by atoms with van der Waals surface area (Å²) in [5, 5.41) is 10.2. The molecule has 0 spiro atoms. The Labute approximate surface area is 175 Å². The number of carboxylic acid groups (broad SMARTS) is 1. The highest BCUT2D eigenvalue weighted by atomic mass is 19.1. The molecule has 0 saturated carbocycles. The van der Waals surface area contributed by atoms with Crippen LogP contribution in [0.1, 0.15) is 51.3 Å². The minimum Gasteiger partial charge on any atom is -0.481 e. The second-order valence-corrected chi connectivity index (χ2v) is 7.62. The van der Waals surface area contributed by atoms with Crippen LogP contribution in [0.5, 0.6) is 0 Å². The lowest BCUT2D eigenvalue weighted by atomic mass is 9.95. The van der Waals surface area contributed by atoms with Gasteiger partial charge in [-0.3, -0.25) is 9.59 Å². The predicted octanol–water partition coefficient (Wildman–Crippen LogP) is 6.05. The van der Waals surface area contributed by atoms with Crippen molar-refractivity contribution in [1.29, 1.82) is 0 Å². The number of hydrogen-bond acceptors (Lipinski definition) is 2. The standard InChI is InChI=1S/C25H26FNO3/c1-17(2)27-22(11-5-3-4-6-12-23(28)29)24(18-13-15-19(26)16-14-18)20-9-7-8-10-21(20)25(27)30/h5,7-11,13-17H,3-4,6,12H2,1-2H3,(H,28,29). The van der Waals surface area contributed by atoms with Gasteiger partial charge >= 0.3 is 5.97 Å². The molecule has 5 heteroatoms. The molecule has 4 nitrogen and oxygen atoms in total. The number of aromatic nitrogens is 1. The van der Waals surface area contributed by atoms with Gasteiger partial charge in [-0.2, -0.15) is 0 Å². The number of carboxylic acids is 1. The summed E-state index contributed by atoms with van der Waals surface area (Å²) in [6, 6.07) is 13.7. The molecule has 156 valence electrons. The number of hydrogen-bond donors (Lipinski definition) is 1. The molecule has 0 unspecified atom stereocenters. The van der Waals surface area contributed by atoms with Gasteiger partial charge in [-0.25, -0.2) is 4.39 Å². The first-order valence-corrected chi connectivity index (χ1v) is 10.2. The minimum atomic E-state index is -0.791. The lowest BCUT2D eigenvalue weighted by Crippen LogP contribution is -2.25. The number of allylic oxidation sites excluding steroid dienone is 1. The summed E-state index contributed by atoms with van der Waals surface area (Å²) in [6.45, 7) is 3.93. The van der Waals surface area contributed by atoms with Gasteiger partial charge in [0.15, 0.2) is 0 Å². The molecule has 2 aromatic carbocycles. The fourth-order valence-electron chi connectivity index (χ4n) is 3.71. The smallest absolute Gasteiger partial charge is 0.303 e. The van der Waals surface area contributed by atoms with E-state index in [2.05, 4.69) is 0 Å². The number of pyridine rings is 1. The SMILES string of the molecule is CC(C)n1c(C=CCCCCC(=O)O)c(-c2ccc(F)cc2)c2ccccc2c1=O. The fourth-order valence-corrected chi connectivity index (χ4v) is 3.71. The van der Waals surface area contributed by atoms with E-state index in [9.17, 15) is 14.0 Å². The predicted molar refractivity (Wildman–Crippen MR) is 119 cm³/mol. The number of unbranched alkanes of at least 4 members (excludes halogenated alkanes) is 2. The van der Waals surface area contributed by atoms with Crippen molar-refractivity contribution in [1.82, 2.24) is 4.57 Å². The third-order valence-corrected chi connectivity index (χ3v) is 5.10. The van der Waals surface area contributed by atoms with Crippen LogP contribution < -0.4 is 5.56 Å². The van der Waals surface area contributed by atoms with E-state index in [4.69, 9.17) is 5.11 Å². The summed E-state index contributed by atoms with van der Waals surface area (Å²) in [6.07, 6.45) is 6.16. The van der Waals surface area contributed by atoms with Crippen molar-refractivity contribution < 1.29 is 14.3 Å². The Morgan fingerprint density at radius 3 is 2.37 bits per heavy atom. The Kier molecular flexibility index (Phi) is 6.83. The summed E-state index contributed by atoms with van der Waals surface area (Å²) in [5.41, 5.74) is 2.45. The summed E-state index contributed by atoms with van der Waals surface area (Å²) < 4.78 is 15.3. The Hall–Kier alpha value is -3.21. The Bertz CT molecular complexity index is 1130. The first-order valence-electron chi connectivity index (χ1n) is 10.2. The van der Waals surface area contributed by atoms with Crippen LogP contribution in [0.2, 0.25) is 0 Å². The first-order chi connectivity index (χ1) is 14.4. The monoisotopic (exact) mass is 407 g/mol. The number of benzene rings is 2. The number of aliphatic carboxylic acids is 1. The average molecular weight is 407 g/mol. The van der Waals surface area contributed by atoms with Crippen molar-refractivity contribution >= 4 is 22.8 Å². The maximum Gasteiger partial charge on any atom is 0.303 e. The van der Waals surface area contributed by atoms with Gasteiger partial charge in [0, 0.05) is 23.4 Å². The van der Waals surface area contributed by atoms with Gasteiger partial charge in [0.25, 0.3) is 5.56 Å². The van der Waals surface area contributed by atoms with Crippen molar-refractivity contribution in [2.45, 2.75) is 45.6 Å². The highest BCUT2D eigenvalue weighted by molar-refractivity contribution is 5.99. The molecule has 0 saturated heterocycles. The molecular weight excluding hydrogens is 381 g/mol. The third kappa shape index (κ3) is 4.67. The van der Waals surface area contributed by atoms with E-state index in [0.717, 1.165) is 35.0 Å². The van der Waals surface area contributed by atoms with Crippen molar-refractivity contribution in [3.8, 4) is 11.1 Å². The number of rotatable bonds is 8. The molecule has 0 aliphatic rings. The molecule has 0 bridgehead atoms. The van der Waals surface area contributed by atoms with Crippen molar-refractivity contribution in [3.05, 3.63) is 76.5 Å². The van der Waals surface area contributed by atoms with E-state index in [1.54, 1.807) is 16.7 Å². The summed E-state index contributed by atoms with van der Waals surface area (Å²) in [7, 11) is 0. The van der Waals surface area contributed by atoms with Crippen molar-refractivity contribution in [2.75, 3.05) is 0 Å². The van der Waals surface area contributed by atoms with Gasteiger partial charge in [-0.1, -0.05) is 36.4 Å². The lowest BCUT2D eigenvalue weighted by molar-refractivity contribution is -0.137. The molecule has 1 N–H and O–H groups in total. The molecule has 1 heterocycles. The molecule has 3 rings (SSSR count). The molecule has 1 aromatic heterocycles. The highest BCUT2D eigenvalue weighted by Crippen LogP contribution is 2.33. The van der Waals surface area contributed by atoms with Gasteiger partial charge in [0.2, 0.25) is 0 Å². The largest absolute Gasteiger partial charge is 0.481 e. The molecule has 0 fully saturated rings. The summed E-state index contributed by atoms with van der Waals surface area (Å²) in [4.78, 5) is 23.9. The van der Waals surface area contributed by atoms with E-state index in [1.807, 2.05) is 50.3 Å². The minimum absolute atomic E-state index is 0.0583. The van der Waals surface area contributed by atoms with Crippen LogP contribution in [0.3, 0.4) is 0 Å². The molecule has 0 atom stereocenters. The van der Waals surface area contributed by atoms with Gasteiger partial charge in [-0.15, -0.1) is 0 Å². The quantitative estimate of drug-likeness (QED) is 0.463.